The normalized spacial score (nSPS) is 13.1. The summed E-state index contributed by atoms with van der Waals surface area (Å²) in [7, 11) is -10.4. The second kappa shape index (κ2) is 12.6. The number of hydrogen-bond donors (Lipinski definition) is 3. The van der Waals surface area contributed by atoms with Crippen LogP contribution in [0.25, 0.3) is 0 Å². The van der Waals surface area contributed by atoms with Crippen LogP contribution in [0.15, 0.2) is 15.9 Å². The molecule has 14 heteroatoms. The van der Waals surface area contributed by atoms with Crippen molar-refractivity contribution in [1.29, 1.82) is 0 Å². The molecule has 116 valence electrons. The molecule has 0 aliphatic rings. The smallest absolute Gasteiger partial charge is 0.809 e. The van der Waals surface area contributed by atoms with Gasteiger partial charge in [-0.25, -0.2) is 4.98 Å². The number of nitrogens with zero attached hydrogens (tertiary/aromatic N) is 1. The molecule has 0 amide bonds. The number of nitrogens with one attached hydrogen (secondary N) is 1. The second-order valence-corrected chi connectivity index (χ2v) is 9.74. The van der Waals surface area contributed by atoms with Gasteiger partial charge in [-0.15, -0.1) is 11.3 Å². The minimum atomic E-state index is -5.38. The molecular weight excluding hydrogens is 392 g/mol. The Labute approximate surface area is 181 Å². The standard InChI is InChI=1S/C8H16N2O6P2S2.2Na/c11-17(12,13)7(18(14,15)16)9-3-1-2-5-19-8-10-4-6-20-8;;/h4,6-7,9H,1-3,5H2,(H2,11,12,13)(H2,14,15,16);;/q;2*+1/p-2. The molecule has 0 aliphatic heterocycles. The fourth-order valence-corrected chi connectivity index (χ4v) is 5.21. The SMILES string of the molecule is O=P([O-])([O-])C(NCCCCSc1nccs1)P(=O)(O)O.[Na+].[Na+]. The molecule has 1 rings (SSSR count). The molecule has 1 unspecified atom stereocenters. The first-order valence-corrected chi connectivity index (χ1v) is 10.7. The molecule has 0 radical (unpaired) electrons. The van der Waals surface area contributed by atoms with Gasteiger partial charge in [0.1, 0.15) is 9.86 Å². The zero-order valence-corrected chi connectivity index (χ0v) is 19.7. The molecule has 0 aromatic carbocycles. The van der Waals surface area contributed by atoms with Crippen LogP contribution in [0.1, 0.15) is 12.8 Å². The van der Waals surface area contributed by atoms with E-state index >= 15 is 0 Å². The Kier molecular flexibility index (Phi) is 15.1. The van der Waals surface area contributed by atoms with Crippen molar-refractivity contribution in [3.8, 4) is 0 Å². The number of hydrogen-bond acceptors (Lipinski definition) is 8. The van der Waals surface area contributed by atoms with Gasteiger partial charge in [-0.3, -0.25) is 9.88 Å². The molecule has 0 aliphatic carbocycles. The van der Waals surface area contributed by atoms with Crippen molar-refractivity contribution in [2.24, 2.45) is 0 Å². The van der Waals surface area contributed by atoms with Crippen molar-refractivity contribution in [1.82, 2.24) is 10.3 Å². The van der Waals surface area contributed by atoms with E-state index in [4.69, 9.17) is 9.79 Å². The van der Waals surface area contributed by atoms with Gasteiger partial charge >= 0.3 is 66.7 Å². The van der Waals surface area contributed by atoms with Gasteiger partial charge in [0.05, 0.1) is 0 Å². The van der Waals surface area contributed by atoms with E-state index in [0.717, 1.165) is 10.1 Å². The Morgan fingerprint density at radius 2 is 1.95 bits per heavy atom. The van der Waals surface area contributed by atoms with Gasteiger partial charge in [0.2, 0.25) is 0 Å². The molecule has 0 saturated heterocycles. The van der Waals surface area contributed by atoms with Crippen molar-refractivity contribution < 1.29 is 87.8 Å². The van der Waals surface area contributed by atoms with Crippen molar-refractivity contribution in [3.63, 3.8) is 0 Å². The molecule has 0 saturated carbocycles. The van der Waals surface area contributed by atoms with Gasteiger partial charge in [0, 0.05) is 17.3 Å². The monoisotopic (exact) mass is 406 g/mol. The molecule has 0 fully saturated rings. The van der Waals surface area contributed by atoms with Crippen LogP contribution < -0.4 is 74.2 Å². The summed E-state index contributed by atoms with van der Waals surface area (Å²) in [6.45, 7) is 0.0443. The number of unbranched alkanes of at least 4 members (excludes halogenated alkanes) is 1. The van der Waals surface area contributed by atoms with Gasteiger partial charge in [-0.1, -0.05) is 11.8 Å². The number of thiazole rings is 1. The maximum Gasteiger partial charge on any atom is 1.00 e. The van der Waals surface area contributed by atoms with Crippen LogP contribution in [0.2, 0.25) is 0 Å². The maximum atomic E-state index is 10.9. The first-order valence-electron chi connectivity index (χ1n) is 5.54. The van der Waals surface area contributed by atoms with Gasteiger partial charge < -0.3 is 24.1 Å². The third-order valence-electron chi connectivity index (χ3n) is 2.15. The molecule has 1 atom stereocenters. The van der Waals surface area contributed by atoms with Crippen LogP contribution in [0.4, 0.5) is 0 Å². The third kappa shape index (κ3) is 11.0. The van der Waals surface area contributed by atoms with Crippen molar-refractivity contribution in [3.05, 3.63) is 11.6 Å². The van der Waals surface area contributed by atoms with Crippen LogP contribution in [-0.4, -0.2) is 32.6 Å². The second-order valence-electron chi connectivity index (χ2n) is 3.81. The summed E-state index contributed by atoms with van der Waals surface area (Å²) in [4.78, 5) is 43.2. The van der Waals surface area contributed by atoms with Gasteiger partial charge in [0.25, 0.3) is 0 Å². The van der Waals surface area contributed by atoms with E-state index in [1.807, 2.05) is 5.38 Å². The largest absolute Gasteiger partial charge is 1.00 e. The molecule has 8 nitrogen and oxygen atoms in total. The Morgan fingerprint density at radius 1 is 1.32 bits per heavy atom. The van der Waals surface area contributed by atoms with Crippen LogP contribution in [-0.2, 0) is 9.13 Å². The zero-order chi connectivity index (χ0) is 15.2. The average Bonchev–Trinajstić information content (AvgIpc) is 2.77. The summed E-state index contributed by atoms with van der Waals surface area (Å²) in [6, 6.07) is 0. The molecule has 0 spiro atoms. The summed E-state index contributed by atoms with van der Waals surface area (Å²) in [5.41, 5.74) is -2.35. The van der Waals surface area contributed by atoms with E-state index < -0.39 is 20.7 Å². The fraction of sp³-hybridized carbons (Fsp3) is 0.625. The van der Waals surface area contributed by atoms with Crippen LogP contribution in [0.5, 0.6) is 0 Å². The minimum absolute atomic E-state index is 0. The summed E-state index contributed by atoms with van der Waals surface area (Å²) in [5.74, 6) is 0.752. The quantitative estimate of drug-likeness (QED) is 0.158. The molecule has 0 bridgehead atoms. The number of rotatable bonds is 9. The van der Waals surface area contributed by atoms with E-state index in [1.165, 1.54) is 11.3 Å². The first kappa shape index (κ1) is 26.5. The number of thioether (sulfide) groups is 1. The van der Waals surface area contributed by atoms with Crippen molar-refractivity contribution >= 4 is 38.3 Å². The topological polar surface area (TPSA) is 146 Å². The average molecular weight is 406 g/mol. The van der Waals surface area contributed by atoms with E-state index in [9.17, 15) is 18.9 Å². The molecule has 1 aromatic rings. The van der Waals surface area contributed by atoms with Gasteiger partial charge in [0.15, 0.2) is 0 Å². The van der Waals surface area contributed by atoms with Crippen LogP contribution >= 0.6 is 38.3 Å². The van der Waals surface area contributed by atoms with E-state index in [1.54, 1.807) is 18.0 Å². The predicted octanol–water partition coefficient (Wildman–Crippen LogP) is -6.01. The Hall–Kier alpha value is 2.24. The van der Waals surface area contributed by atoms with Gasteiger partial charge in [-0.2, -0.15) is 0 Å². The van der Waals surface area contributed by atoms with E-state index in [-0.39, 0.29) is 65.7 Å². The fourth-order valence-electron chi connectivity index (χ4n) is 1.31. The Bertz CT molecular complexity index is 475. The van der Waals surface area contributed by atoms with E-state index in [0.29, 0.717) is 12.8 Å². The molecular formula is C8H14N2Na2O6P2S2. The molecule has 1 heterocycles. The summed E-state index contributed by atoms with van der Waals surface area (Å²) >= 11 is 3.06. The van der Waals surface area contributed by atoms with Crippen molar-refractivity contribution in [2.75, 3.05) is 12.3 Å². The van der Waals surface area contributed by atoms with Crippen LogP contribution in [0, 0.1) is 0 Å². The predicted molar refractivity (Wildman–Crippen MR) is 73.5 cm³/mol. The molecule has 22 heavy (non-hydrogen) atoms. The third-order valence-corrected chi connectivity index (χ3v) is 7.56. The molecule has 1 aromatic heterocycles. The Balaban J connectivity index is 0. The summed E-state index contributed by atoms with van der Waals surface area (Å²) < 4.78 is 22.6. The van der Waals surface area contributed by atoms with Gasteiger partial charge in [-0.05, 0) is 27.0 Å². The first-order chi connectivity index (χ1) is 9.21. The number of aromatic nitrogens is 1. The zero-order valence-electron chi connectivity index (χ0n) is 12.2. The maximum absolute atomic E-state index is 10.9. The van der Waals surface area contributed by atoms with E-state index in [2.05, 4.69) is 10.3 Å². The van der Waals surface area contributed by atoms with Crippen molar-refractivity contribution in [2.45, 2.75) is 22.7 Å². The minimum Gasteiger partial charge on any atom is -0.809 e. The molecule has 3 N–H and O–H groups in total. The summed E-state index contributed by atoms with van der Waals surface area (Å²) in [6.07, 6.45) is 2.89. The summed E-state index contributed by atoms with van der Waals surface area (Å²) in [5, 5.41) is 3.98. The Morgan fingerprint density at radius 3 is 2.41 bits per heavy atom. The van der Waals surface area contributed by atoms with Crippen LogP contribution in [0.3, 0.4) is 0 Å².